The van der Waals surface area contributed by atoms with Crippen LogP contribution in [0.2, 0.25) is 0 Å². The van der Waals surface area contributed by atoms with Crippen LogP contribution in [-0.2, 0) is 0 Å². The van der Waals surface area contributed by atoms with Crippen molar-refractivity contribution in [3.63, 3.8) is 0 Å². The van der Waals surface area contributed by atoms with E-state index in [4.69, 9.17) is 0 Å². The van der Waals surface area contributed by atoms with Gasteiger partial charge in [-0.1, -0.05) is 12.1 Å². The van der Waals surface area contributed by atoms with Crippen molar-refractivity contribution >= 4 is 16.6 Å². The van der Waals surface area contributed by atoms with Crippen LogP contribution in [0.5, 0.6) is 0 Å². The van der Waals surface area contributed by atoms with Crippen molar-refractivity contribution < 1.29 is 5.11 Å². The lowest BCUT2D eigenvalue weighted by atomic mass is 10.1. The number of rotatable bonds is 3. The molecule has 2 heterocycles. The maximum Gasteiger partial charge on any atom is 0.0732 e. The summed E-state index contributed by atoms with van der Waals surface area (Å²) in [6.45, 7) is 2.01. The van der Waals surface area contributed by atoms with E-state index in [0.29, 0.717) is 6.04 Å². The Bertz CT molecular complexity index is 828. The number of fused-ring (bicyclic) bond motifs is 1. The molecule has 0 amide bonds. The van der Waals surface area contributed by atoms with Crippen LogP contribution in [0.1, 0.15) is 25.0 Å². The van der Waals surface area contributed by atoms with Gasteiger partial charge in [-0.15, -0.1) is 0 Å². The molecule has 3 N–H and O–H groups in total. The van der Waals surface area contributed by atoms with Gasteiger partial charge in [0.15, 0.2) is 0 Å². The molecule has 0 bridgehead atoms. The van der Waals surface area contributed by atoms with Gasteiger partial charge in [-0.25, -0.2) is 0 Å². The molecule has 2 aromatic heterocycles. The summed E-state index contributed by atoms with van der Waals surface area (Å²) in [5.74, 6) is 0. The van der Waals surface area contributed by atoms with Gasteiger partial charge >= 0.3 is 0 Å². The Morgan fingerprint density at radius 1 is 1.22 bits per heavy atom. The fourth-order valence-electron chi connectivity index (χ4n) is 3.37. The Morgan fingerprint density at radius 2 is 2.13 bits per heavy atom. The number of aryl methyl sites for hydroxylation is 1. The van der Waals surface area contributed by atoms with Crippen molar-refractivity contribution in [3.05, 3.63) is 42.2 Å². The smallest absolute Gasteiger partial charge is 0.0732 e. The molecule has 118 valence electrons. The van der Waals surface area contributed by atoms with E-state index in [9.17, 15) is 5.11 Å². The third-order valence-corrected chi connectivity index (χ3v) is 4.51. The zero-order valence-electron chi connectivity index (χ0n) is 13.1. The van der Waals surface area contributed by atoms with Crippen LogP contribution in [0.4, 0.5) is 5.69 Å². The van der Waals surface area contributed by atoms with Crippen molar-refractivity contribution in [1.29, 1.82) is 0 Å². The van der Waals surface area contributed by atoms with Gasteiger partial charge in [-0.2, -0.15) is 5.10 Å². The SMILES string of the molecule is Cc1cc(N[C@@H]2CC[C@@H](O)C2)c2ccc(-c3ccn[nH]3)cc2n1. The summed E-state index contributed by atoms with van der Waals surface area (Å²) in [5, 5.41) is 21.4. The van der Waals surface area contributed by atoms with E-state index >= 15 is 0 Å². The lowest BCUT2D eigenvalue weighted by Gasteiger charge is -2.16. The third-order valence-electron chi connectivity index (χ3n) is 4.51. The van der Waals surface area contributed by atoms with E-state index in [2.05, 4.69) is 44.8 Å². The van der Waals surface area contributed by atoms with Gasteiger partial charge in [0.05, 0.1) is 17.3 Å². The molecule has 0 radical (unpaired) electrons. The molecule has 4 rings (SSSR count). The van der Waals surface area contributed by atoms with Gasteiger partial charge in [0, 0.05) is 34.6 Å². The van der Waals surface area contributed by atoms with Crippen LogP contribution in [-0.4, -0.2) is 32.4 Å². The van der Waals surface area contributed by atoms with Crippen molar-refractivity contribution in [2.75, 3.05) is 5.32 Å². The van der Waals surface area contributed by atoms with E-state index in [1.807, 2.05) is 13.0 Å². The molecule has 1 aliphatic rings. The van der Waals surface area contributed by atoms with Gasteiger partial charge in [-0.05, 0) is 44.4 Å². The molecule has 5 nitrogen and oxygen atoms in total. The zero-order valence-corrected chi connectivity index (χ0v) is 13.1. The molecule has 0 saturated heterocycles. The first-order valence-electron chi connectivity index (χ1n) is 8.05. The molecule has 1 aliphatic carbocycles. The van der Waals surface area contributed by atoms with Gasteiger partial charge in [0.1, 0.15) is 0 Å². The number of anilines is 1. The van der Waals surface area contributed by atoms with Crippen LogP contribution in [0.15, 0.2) is 36.5 Å². The summed E-state index contributed by atoms with van der Waals surface area (Å²) < 4.78 is 0. The second kappa shape index (κ2) is 5.66. The first-order chi connectivity index (χ1) is 11.2. The molecular weight excluding hydrogens is 288 g/mol. The molecule has 0 spiro atoms. The number of hydrogen-bond acceptors (Lipinski definition) is 4. The largest absolute Gasteiger partial charge is 0.393 e. The van der Waals surface area contributed by atoms with Crippen LogP contribution >= 0.6 is 0 Å². The number of benzene rings is 1. The second-order valence-corrected chi connectivity index (χ2v) is 6.32. The number of nitrogens with zero attached hydrogens (tertiary/aromatic N) is 2. The van der Waals surface area contributed by atoms with E-state index in [0.717, 1.165) is 52.8 Å². The van der Waals surface area contributed by atoms with Crippen molar-refractivity contribution in [2.24, 2.45) is 0 Å². The molecular formula is C18H20N4O. The quantitative estimate of drug-likeness (QED) is 0.694. The summed E-state index contributed by atoms with van der Waals surface area (Å²) in [4.78, 5) is 4.67. The molecule has 3 aromatic rings. The predicted octanol–water partition coefficient (Wildman–Crippen LogP) is 3.26. The summed E-state index contributed by atoms with van der Waals surface area (Å²) >= 11 is 0. The van der Waals surface area contributed by atoms with Crippen molar-refractivity contribution in [1.82, 2.24) is 15.2 Å². The first-order valence-corrected chi connectivity index (χ1v) is 8.05. The predicted molar refractivity (Wildman–Crippen MR) is 91.3 cm³/mol. The first kappa shape index (κ1) is 14.2. The zero-order chi connectivity index (χ0) is 15.8. The average Bonchev–Trinajstić information content (AvgIpc) is 3.18. The topological polar surface area (TPSA) is 73.8 Å². The second-order valence-electron chi connectivity index (χ2n) is 6.32. The fraction of sp³-hybridized carbons (Fsp3) is 0.333. The van der Waals surface area contributed by atoms with Gasteiger partial charge in [0.2, 0.25) is 0 Å². The number of aliphatic hydroxyl groups excluding tert-OH is 1. The highest BCUT2D eigenvalue weighted by atomic mass is 16.3. The highest BCUT2D eigenvalue weighted by molar-refractivity contribution is 5.94. The van der Waals surface area contributed by atoms with Gasteiger partial charge < -0.3 is 10.4 Å². The number of aliphatic hydroxyl groups is 1. The molecule has 23 heavy (non-hydrogen) atoms. The Hall–Kier alpha value is -2.40. The number of H-pyrrole nitrogens is 1. The number of nitrogens with one attached hydrogen (secondary N) is 2. The normalized spacial score (nSPS) is 21.0. The maximum absolute atomic E-state index is 9.73. The van der Waals surface area contributed by atoms with Crippen molar-refractivity contribution in [2.45, 2.75) is 38.3 Å². The molecule has 1 fully saturated rings. The minimum Gasteiger partial charge on any atom is -0.393 e. The molecule has 0 aliphatic heterocycles. The summed E-state index contributed by atoms with van der Waals surface area (Å²) in [7, 11) is 0. The number of aromatic nitrogens is 3. The Kier molecular flexibility index (Phi) is 3.50. The van der Waals surface area contributed by atoms with Crippen LogP contribution in [0.3, 0.4) is 0 Å². The fourth-order valence-corrected chi connectivity index (χ4v) is 3.37. The van der Waals surface area contributed by atoms with Gasteiger partial charge in [-0.3, -0.25) is 10.1 Å². The molecule has 1 aromatic carbocycles. The van der Waals surface area contributed by atoms with E-state index < -0.39 is 0 Å². The van der Waals surface area contributed by atoms with Crippen LogP contribution in [0, 0.1) is 6.92 Å². The highest BCUT2D eigenvalue weighted by Crippen LogP contribution is 2.30. The average molecular weight is 308 g/mol. The lowest BCUT2D eigenvalue weighted by Crippen LogP contribution is -2.17. The molecule has 0 unspecified atom stereocenters. The van der Waals surface area contributed by atoms with E-state index in [1.54, 1.807) is 6.20 Å². The summed E-state index contributed by atoms with van der Waals surface area (Å²) in [6, 6.07) is 10.7. The monoisotopic (exact) mass is 308 g/mol. The highest BCUT2D eigenvalue weighted by Gasteiger charge is 2.23. The number of aromatic amines is 1. The van der Waals surface area contributed by atoms with Crippen LogP contribution < -0.4 is 5.32 Å². The summed E-state index contributed by atoms with van der Waals surface area (Å²) in [5.41, 5.74) is 5.13. The molecule has 5 heteroatoms. The summed E-state index contributed by atoms with van der Waals surface area (Å²) in [6.07, 6.45) is 4.28. The standard InChI is InChI=1S/C18H20N4O/c1-11-8-17(21-13-3-4-14(23)10-13)15-5-2-12(9-18(15)20-11)16-6-7-19-22-16/h2,5-9,13-14,23H,3-4,10H2,1H3,(H,19,22)(H,20,21)/t13-,14-/m1/s1. The number of hydrogen-bond donors (Lipinski definition) is 3. The Morgan fingerprint density at radius 3 is 2.87 bits per heavy atom. The minimum absolute atomic E-state index is 0.173. The Balaban J connectivity index is 1.73. The van der Waals surface area contributed by atoms with Crippen molar-refractivity contribution in [3.8, 4) is 11.3 Å². The number of pyridine rings is 1. The maximum atomic E-state index is 9.73. The molecule has 2 atom stereocenters. The minimum atomic E-state index is -0.173. The lowest BCUT2D eigenvalue weighted by molar-refractivity contribution is 0.182. The van der Waals surface area contributed by atoms with E-state index in [-0.39, 0.29) is 6.10 Å². The van der Waals surface area contributed by atoms with Crippen LogP contribution in [0.25, 0.3) is 22.2 Å². The molecule has 1 saturated carbocycles. The van der Waals surface area contributed by atoms with Gasteiger partial charge in [0.25, 0.3) is 0 Å². The third kappa shape index (κ3) is 2.80. The van der Waals surface area contributed by atoms with E-state index in [1.165, 1.54) is 0 Å². The Labute approximate surface area is 134 Å².